The third-order valence-electron chi connectivity index (χ3n) is 3.61. The topological polar surface area (TPSA) is 17.1 Å². The molecule has 0 heterocycles. The Morgan fingerprint density at radius 2 is 1.76 bits per heavy atom. The van der Waals surface area contributed by atoms with E-state index in [2.05, 4.69) is 0 Å². The first-order valence-electron chi connectivity index (χ1n) is 7.43. The smallest absolute Gasteiger partial charge is 0.259 e. The summed E-state index contributed by atoms with van der Waals surface area (Å²) in [4.78, 5) is 0. The molecule has 0 aromatic carbocycles. The van der Waals surface area contributed by atoms with Gasteiger partial charge in [0.2, 0.25) is 0 Å². The zero-order valence-corrected chi connectivity index (χ0v) is 14.0. The molecule has 0 amide bonds. The molecule has 5 heteroatoms. The molecule has 0 aromatic heterocycles. The molecule has 0 fully saturated rings. The summed E-state index contributed by atoms with van der Waals surface area (Å²) < 4.78 is 51.5. The van der Waals surface area contributed by atoms with E-state index in [4.69, 9.17) is 0 Å². The second kappa shape index (κ2) is 7.12. The fraction of sp³-hybridized carbons (Fsp3) is 0.750. The van der Waals surface area contributed by atoms with Crippen molar-refractivity contribution >= 4 is 10.8 Å². The maximum Gasteiger partial charge on any atom is 0.416 e. The van der Waals surface area contributed by atoms with Crippen LogP contribution in [0.25, 0.3) is 0 Å². The van der Waals surface area contributed by atoms with Crippen LogP contribution < -0.4 is 0 Å². The standard InChI is InChI=1S/C16H25F3OS/c1-5-8-12(11-21(20)15(2,3)4)13-9-6-7-10-14(13)16(17,18)19/h9-10,12H,5-8,11H2,1-4H3/t12?,21-/m1/s1. The van der Waals surface area contributed by atoms with E-state index in [1.54, 1.807) is 6.08 Å². The quantitative estimate of drug-likeness (QED) is 0.683. The molecule has 0 spiro atoms. The molecule has 0 N–H and O–H groups in total. The van der Waals surface area contributed by atoms with Gasteiger partial charge in [0.25, 0.3) is 0 Å². The third-order valence-corrected chi connectivity index (χ3v) is 5.68. The number of halogens is 3. The van der Waals surface area contributed by atoms with Gasteiger partial charge in [0.05, 0.1) is 5.57 Å². The highest BCUT2D eigenvalue weighted by molar-refractivity contribution is 7.86. The molecule has 0 bridgehead atoms. The summed E-state index contributed by atoms with van der Waals surface area (Å²) in [5.41, 5.74) is -0.161. The first-order chi connectivity index (χ1) is 9.57. The molecule has 0 aromatic rings. The molecule has 1 nitrogen and oxygen atoms in total. The van der Waals surface area contributed by atoms with Gasteiger partial charge in [-0.15, -0.1) is 0 Å². The average molecular weight is 322 g/mol. The normalized spacial score (nSPS) is 19.8. The Kier molecular flexibility index (Phi) is 6.26. The number of rotatable bonds is 5. The van der Waals surface area contributed by atoms with Crippen molar-refractivity contribution in [2.45, 2.75) is 64.3 Å². The molecule has 1 unspecified atom stereocenters. The van der Waals surface area contributed by atoms with Gasteiger partial charge in [-0.3, -0.25) is 4.21 Å². The molecule has 2 atom stereocenters. The van der Waals surface area contributed by atoms with Crippen molar-refractivity contribution in [2.24, 2.45) is 5.92 Å². The molecule has 1 aliphatic rings. The van der Waals surface area contributed by atoms with Gasteiger partial charge in [-0.2, -0.15) is 13.2 Å². The van der Waals surface area contributed by atoms with E-state index >= 15 is 0 Å². The zero-order chi connectivity index (χ0) is 16.3. The maximum absolute atomic E-state index is 13.2. The SMILES string of the molecule is CCCC(C[S@@](=O)C(C)(C)C)C1=CCCC=C1C(F)(F)F. The van der Waals surface area contributed by atoms with Gasteiger partial charge in [-0.25, -0.2) is 0 Å². The predicted molar refractivity (Wildman–Crippen MR) is 82.6 cm³/mol. The summed E-state index contributed by atoms with van der Waals surface area (Å²) in [5, 5.41) is 0. The Morgan fingerprint density at radius 3 is 2.24 bits per heavy atom. The van der Waals surface area contributed by atoms with Gasteiger partial charge < -0.3 is 0 Å². The van der Waals surface area contributed by atoms with E-state index in [-0.39, 0.29) is 5.92 Å². The Bertz CT molecular complexity index is 441. The van der Waals surface area contributed by atoms with Crippen molar-refractivity contribution in [1.82, 2.24) is 0 Å². The number of hydrogen-bond donors (Lipinski definition) is 0. The fourth-order valence-electron chi connectivity index (χ4n) is 2.47. The van der Waals surface area contributed by atoms with E-state index in [0.29, 0.717) is 30.6 Å². The fourth-order valence-corrected chi connectivity index (χ4v) is 3.68. The average Bonchev–Trinajstić information content (AvgIpc) is 2.36. The van der Waals surface area contributed by atoms with Crippen molar-refractivity contribution in [1.29, 1.82) is 0 Å². The van der Waals surface area contributed by atoms with Crippen LogP contribution in [-0.4, -0.2) is 20.9 Å². The Labute approximate surface area is 128 Å². The van der Waals surface area contributed by atoms with Gasteiger partial charge in [-0.05, 0) is 51.5 Å². The Balaban J connectivity index is 3.02. The minimum atomic E-state index is -4.32. The first-order valence-corrected chi connectivity index (χ1v) is 8.75. The summed E-state index contributed by atoms with van der Waals surface area (Å²) in [6.45, 7) is 7.54. The summed E-state index contributed by atoms with van der Waals surface area (Å²) in [7, 11) is -1.15. The summed E-state index contributed by atoms with van der Waals surface area (Å²) in [6, 6.07) is 0. The van der Waals surface area contributed by atoms with E-state index in [0.717, 1.165) is 6.42 Å². The van der Waals surface area contributed by atoms with Crippen LogP contribution >= 0.6 is 0 Å². The lowest BCUT2D eigenvalue weighted by molar-refractivity contribution is -0.0905. The van der Waals surface area contributed by atoms with Crippen LogP contribution in [0, 0.1) is 5.92 Å². The molecular formula is C16H25F3OS. The number of alkyl halides is 3. The largest absolute Gasteiger partial charge is 0.416 e. The highest BCUT2D eigenvalue weighted by Gasteiger charge is 2.39. The van der Waals surface area contributed by atoms with E-state index in [9.17, 15) is 17.4 Å². The molecule has 0 aliphatic heterocycles. The molecule has 1 rings (SSSR count). The molecule has 0 saturated heterocycles. The number of hydrogen-bond acceptors (Lipinski definition) is 1. The lowest BCUT2D eigenvalue weighted by atomic mass is 9.85. The van der Waals surface area contributed by atoms with Gasteiger partial charge in [0.15, 0.2) is 0 Å². The van der Waals surface area contributed by atoms with Crippen LogP contribution in [0.5, 0.6) is 0 Å². The first kappa shape index (κ1) is 18.5. The van der Waals surface area contributed by atoms with Crippen molar-refractivity contribution in [3.8, 4) is 0 Å². The highest BCUT2D eigenvalue weighted by atomic mass is 32.2. The van der Waals surface area contributed by atoms with Crippen LogP contribution in [0.2, 0.25) is 0 Å². The van der Waals surface area contributed by atoms with Gasteiger partial charge in [0.1, 0.15) is 0 Å². The van der Waals surface area contributed by atoms with E-state index in [1.165, 1.54) is 6.08 Å². The second-order valence-corrected chi connectivity index (χ2v) is 8.71. The molecule has 0 radical (unpaired) electrons. The van der Waals surface area contributed by atoms with Gasteiger partial charge in [0, 0.05) is 21.3 Å². The summed E-state index contributed by atoms with van der Waals surface area (Å²) in [5.74, 6) is 0.0274. The highest BCUT2D eigenvalue weighted by Crippen LogP contribution is 2.39. The minimum absolute atomic E-state index is 0.275. The predicted octanol–water partition coefficient (Wildman–Crippen LogP) is 5.16. The minimum Gasteiger partial charge on any atom is -0.259 e. The van der Waals surface area contributed by atoms with Crippen LogP contribution in [0.3, 0.4) is 0 Å². The zero-order valence-electron chi connectivity index (χ0n) is 13.2. The lowest BCUT2D eigenvalue weighted by Gasteiger charge is -2.28. The van der Waals surface area contributed by atoms with E-state index < -0.39 is 27.3 Å². The molecule has 1 aliphatic carbocycles. The maximum atomic E-state index is 13.2. The van der Waals surface area contributed by atoms with Crippen LogP contribution in [-0.2, 0) is 10.8 Å². The molecule has 21 heavy (non-hydrogen) atoms. The monoisotopic (exact) mass is 322 g/mol. The van der Waals surface area contributed by atoms with Crippen LogP contribution in [0.15, 0.2) is 23.3 Å². The van der Waals surface area contributed by atoms with Crippen molar-refractivity contribution < 1.29 is 17.4 Å². The van der Waals surface area contributed by atoms with Crippen molar-refractivity contribution in [3.63, 3.8) is 0 Å². The van der Waals surface area contributed by atoms with Gasteiger partial charge >= 0.3 is 6.18 Å². The number of allylic oxidation sites excluding steroid dienone is 4. The summed E-state index contributed by atoms with van der Waals surface area (Å²) in [6.07, 6.45) is 1.16. The summed E-state index contributed by atoms with van der Waals surface area (Å²) >= 11 is 0. The molecular weight excluding hydrogens is 297 g/mol. The van der Waals surface area contributed by atoms with Crippen LogP contribution in [0.4, 0.5) is 13.2 Å². The van der Waals surface area contributed by atoms with Crippen molar-refractivity contribution in [2.75, 3.05) is 5.75 Å². The molecule has 0 saturated carbocycles. The molecule has 122 valence electrons. The third kappa shape index (κ3) is 5.28. The Hall–Kier alpha value is -0.580. The van der Waals surface area contributed by atoms with Gasteiger partial charge in [-0.1, -0.05) is 25.5 Å². The van der Waals surface area contributed by atoms with Crippen LogP contribution in [0.1, 0.15) is 53.4 Å². The Morgan fingerprint density at radius 1 is 1.19 bits per heavy atom. The van der Waals surface area contributed by atoms with Crippen molar-refractivity contribution in [3.05, 3.63) is 23.3 Å². The van der Waals surface area contributed by atoms with E-state index in [1.807, 2.05) is 27.7 Å². The lowest BCUT2D eigenvalue weighted by Crippen LogP contribution is -2.30. The second-order valence-electron chi connectivity index (χ2n) is 6.46.